The average molecular weight is 407 g/mol. The fourth-order valence-electron chi connectivity index (χ4n) is 3.24. The first-order valence-electron chi connectivity index (χ1n) is 9.41. The SMILES string of the molecule is CCOc1ccc(-c2nnc(S[C@H](C)C(=O)c3c(C)[nH]c4ccccc34)o2)cc1. The minimum atomic E-state index is -0.360. The highest BCUT2D eigenvalue weighted by Crippen LogP contribution is 2.31. The number of para-hydroxylation sites is 1. The summed E-state index contributed by atoms with van der Waals surface area (Å²) in [6, 6.07) is 15.3. The molecule has 4 rings (SSSR count). The number of aryl methyl sites for hydroxylation is 1. The van der Waals surface area contributed by atoms with Crippen LogP contribution in [-0.4, -0.2) is 32.8 Å². The van der Waals surface area contributed by atoms with E-state index in [0.717, 1.165) is 27.9 Å². The molecule has 6 nitrogen and oxygen atoms in total. The largest absolute Gasteiger partial charge is 0.494 e. The van der Waals surface area contributed by atoms with Gasteiger partial charge in [-0.1, -0.05) is 30.0 Å². The van der Waals surface area contributed by atoms with Crippen LogP contribution >= 0.6 is 11.8 Å². The highest BCUT2D eigenvalue weighted by molar-refractivity contribution is 8.00. The van der Waals surface area contributed by atoms with Gasteiger partial charge in [0.1, 0.15) is 5.75 Å². The first kappa shape index (κ1) is 19.3. The van der Waals surface area contributed by atoms with Crippen LogP contribution in [0.1, 0.15) is 29.9 Å². The molecular formula is C22H21N3O3S. The zero-order valence-electron chi connectivity index (χ0n) is 16.4. The van der Waals surface area contributed by atoms with E-state index < -0.39 is 0 Å². The number of aromatic nitrogens is 3. The first-order chi connectivity index (χ1) is 14.1. The van der Waals surface area contributed by atoms with E-state index in [1.54, 1.807) is 0 Å². The normalized spacial score (nSPS) is 12.2. The van der Waals surface area contributed by atoms with Crippen molar-refractivity contribution in [3.8, 4) is 17.2 Å². The van der Waals surface area contributed by atoms with Crippen LogP contribution in [0.3, 0.4) is 0 Å². The molecule has 0 bridgehead atoms. The molecule has 148 valence electrons. The van der Waals surface area contributed by atoms with Gasteiger partial charge in [0.05, 0.1) is 11.9 Å². The Kier molecular flexibility index (Phi) is 5.40. The molecule has 0 saturated heterocycles. The van der Waals surface area contributed by atoms with Crippen LogP contribution in [-0.2, 0) is 0 Å². The lowest BCUT2D eigenvalue weighted by Gasteiger charge is -2.07. The van der Waals surface area contributed by atoms with Crippen LogP contribution in [0.25, 0.3) is 22.4 Å². The molecule has 0 aliphatic carbocycles. The average Bonchev–Trinajstić information content (AvgIpc) is 3.31. The monoisotopic (exact) mass is 407 g/mol. The number of benzene rings is 2. The second kappa shape index (κ2) is 8.13. The Labute approximate surface area is 172 Å². The van der Waals surface area contributed by atoms with E-state index >= 15 is 0 Å². The molecular weight excluding hydrogens is 386 g/mol. The lowest BCUT2D eigenvalue weighted by atomic mass is 10.1. The van der Waals surface area contributed by atoms with Crippen molar-refractivity contribution >= 4 is 28.4 Å². The van der Waals surface area contributed by atoms with Crippen LogP contribution in [0.15, 0.2) is 58.2 Å². The standard InChI is InChI=1S/C22H21N3O3S/c1-4-27-16-11-9-15(10-12-16)21-24-25-22(28-21)29-14(3)20(26)19-13(2)23-18-8-6-5-7-17(18)19/h5-12,14,23H,4H2,1-3H3/t14-/m1/s1. The Balaban J connectivity index is 1.51. The number of hydrogen-bond donors (Lipinski definition) is 1. The second-order valence-electron chi connectivity index (χ2n) is 6.63. The van der Waals surface area contributed by atoms with Crippen LogP contribution in [0.4, 0.5) is 0 Å². The number of carbonyl (C=O) groups excluding carboxylic acids is 1. The first-order valence-corrected chi connectivity index (χ1v) is 10.3. The van der Waals surface area contributed by atoms with E-state index in [1.165, 1.54) is 11.8 Å². The third-order valence-electron chi connectivity index (χ3n) is 4.61. The molecule has 0 aliphatic rings. The predicted molar refractivity (Wildman–Crippen MR) is 114 cm³/mol. The van der Waals surface area contributed by atoms with Gasteiger partial charge in [-0.15, -0.1) is 10.2 Å². The fraction of sp³-hybridized carbons (Fsp3) is 0.227. The maximum atomic E-state index is 13.1. The molecule has 1 N–H and O–H groups in total. The predicted octanol–water partition coefficient (Wildman–Crippen LogP) is 5.29. The van der Waals surface area contributed by atoms with Crippen molar-refractivity contribution in [3.63, 3.8) is 0 Å². The summed E-state index contributed by atoms with van der Waals surface area (Å²) in [5.74, 6) is 1.24. The van der Waals surface area contributed by atoms with E-state index in [4.69, 9.17) is 9.15 Å². The van der Waals surface area contributed by atoms with Crippen molar-refractivity contribution in [2.24, 2.45) is 0 Å². The lowest BCUT2D eigenvalue weighted by Crippen LogP contribution is -2.14. The van der Waals surface area contributed by atoms with Gasteiger partial charge in [-0.05, 0) is 51.1 Å². The molecule has 1 atom stereocenters. The quantitative estimate of drug-likeness (QED) is 0.331. The van der Waals surface area contributed by atoms with Crippen molar-refractivity contribution in [3.05, 3.63) is 59.8 Å². The number of carbonyl (C=O) groups is 1. The van der Waals surface area contributed by atoms with Gasteiger partial charge >= 0.3 is 0 Å². The van der Waals surface area contributed by atoms with E-state index in [9.17, 15) is 4.79 Å². The lowest BCUT2D eigenvalue weighted by molar-refractivity contribution is 0.0994. The summed E-state index contributed by atoms with van der Waals surface area (Å²) >= 11 is 1.27. The van der Waals surface area contributed by atoms with Crippen molar-refractivity contribution in [2.45, 2.75) is 31.2 Å². The fourth-order valence-corrected chi connectivity index (χ4v) is 3.98. The molecule has 4 aromatic rings. The van der Waals surface area contributed by atoms with Crippen molar-refractivity contribution < 1.29 is 13.9 Å². The number of rotatable bonds is 7. The number of nitrogens with zero attached hydrogens (tertiary/aromatic N) is 2. The van der Waals surface area contributed by atoms with E-state index in [2.05, 4.69) is 15.2 Å². The molecule has 2 heterocycles. The maximum Gasteiger partial charge on any atom is 0.277 e. The van der Waals surface area contributed by atoms with Crippen LogP contribution in [0.5, 0.6) is 5.75 Å². The van der Waals surface area contributed by atoms with E-state index in [1.807, 2.05) is 69.3 Å². The maximum absolute atomic E-state index is 13.1. The number of fused-ring (bicyclic) bond motifs is 1. The molecule has 0 radical (unpaired) electrons. The van der Waals surface area contributed by atoms with E-state index in [-0.39, 0.29) is 11.0 Å². The van der Waals surface area contributed by atoms with Gasteiger partial charge in [-0.3, -0.25) is 4.79 Å². The van der Waals surface area contributed by atoms with Gasteiger partial charge in [0.15, 0.2) is 5.78 Å². The summed E-state index contributed by atoms with van der Waals surface area (Å²) in [6.45, 7) is 6.33. The van der Waals surface area contributed by atoms with Crippen molar-refractivity contribution in [2.75, 3.05) is 6.61 Å². The minimum absolute atomic E-state index is 0.0331. The zero-order valence-corrected chi connectivity index (χ0v) is 17.2. The third-order valence-corrected chi connectivity index (χ3v) is 5.54. The Morgan fingerprint density at radius 2 is 1.93 bits per heavy atom. The second-order valence-corrected chi connectivity index (χ2v) is 7.92. The summed E-state index contributed by atoms with van der Waals surface area (Å²) < 4.78 is 11.2. The minimum Gasteiger partial charge on any atom is -0.494 e. The van der Waals surface area contributed by atoms with Crippen molar-refractivity contribution in [1.29, 1.82) is 0 Å². The number of ketones is 1. The summed E-state index contributed by atoms with van der Waals surface area (Å²) in [5.41, 5.74) is 3.34. The number of ether oxygens (including phenoxy) is 1. The summed E-state index contributed by atoms with van der Waals surface area (Å²) in [7, 11) is 0. The summed E-state index contributed by atoms with van der Waals surface area (Å²) in [4.78, 5) is 16.4. The highest BCUT2D eigenvalue weighted by atomic mass is 32.2. The molecule has 2 aromatic heterocycles. The Morgan fingerprint density at radius 1 is 1.17 bits per heavy atom. The number of H-pyrrole nitrogens is 1. The number of Topliss-reactive ketones (excluding diaryl/α,β-unsaturated/α-hetero) is 1. The van der Waals surface area contributed by atoms with Gasteiger partial charge in [0.25, 0.3) is 5.22 Å². The molecule has 7 heteroatoms. The molecule has 29 heavy (non-hydrogen) atoms. The summed E-state index contributed by atoms with van der Waals surface area (Å²) in [5, 5.41) is 9.15. The molecule has 2 aromatic carbocycles. The van der Waals surface area contributed by atoms with Crippen LogP contribution < -0.4 is 4.74 Å². The smallest absolute Gasteiger partial charge is 0.277 e. The van der Waals surface area contributed by atoms with Crippen molar-refractivity contribution in [1.82, 2.24) is 15.2 Å². The number of thioether (sulfide) groups is 1. The molecule has 0 fully saturated rings. The topological polar surface area (TPSA) is 81.0 Å². The third kappa shape index (κ3) is 3.91. The highest BCUT2D eigenvalue weighted by Gasteiger charge is 2.24. The van der Waals surface area contributed by atoms with Gasteiger partial charge in [-0.25, -0.2) is 0 Å². The van der Waals surface area contributed by atoms with Gasteiger partial charge in [0, 0.05) is 27.7 Å². The van der Waals surface area contributed by atoms with Gasteiger partial charge in [-0.2, -0.15) is 0 Å². The molecule has 0 aliphatic heterocycles. The number of hydrogen-bond acceptors (Lipinski definition) is 6. The summed E-state index contributed by atoms with van der Waals surface area (Å²) in [6.07, 6.45) is 0. The number of nitrogens with one attached hydrogen (secondary N) is 1. The zero-order chi connectivity index (χ0) is 20.4. The Bertz CT molecular complexity index is 1150. The van der Waals surface area contributed by atoms with Crippen LogP contribution in [0.2, 0.25) is 0 Å². The Hall–Kier alpha value is -3.06. The van der Waals surface area contributed by atoms with Gasteiger partial charge < -0.3 is 14.1 Å². The molecule has 0 saturated carbocycles. The van der Waals surface area contributed by atoms with Crippen LogP contribution in [0, 0.1) is 6.92 Å². The van der Waals surface area contributed by atoms with E-state index in [0.29, 0.717) is 23.3 Å². The van der Waals surface area contributed by atoms with Gasteiger partial charge in [0.2, 0.25) is 5.89 Å². The molecule has 0 spiro atoms. The molecule has 0 amide bonds. The number of aromatic amines is 1. The molecule has 0 unspecified atom stereocenters. The Morgan fingerprint density at radius 3 is 2.69 bits per heavy atom.